The van der Waals surface area contributed by atoms with Crippen LogP contribution in [0.5, 0.6) is 5.75 Å². The van der Waals surface area contributed by atoms with Crippen LogP contribution in [0, 0.1) is 0 Å². The van der Waals surface area contributed by atoms with E-state index in [0.717, 1.165) is 23.1 Å². The van der Waals surface area contributed by atoms with Crippen LogP contribution in [-0.2, 0) is 6.42 Å². The molecule has 0 bridgehead atoms. The molecule has 100 valence electrons. The van der Waals surface area contributed by atoms with Crippen LogP contribution in [0.3, 0.4) is 0 Å². The van der Waals surface area contributed by atoms with Gasteiger partial charge in [-0.1, -0.05) is 29.8 Å². The lowest BCUT2D eigenvalue weighted by atomic mass is 9.91. The molecule has 1 aromatic carbocycles. The molecule has 4 heteroatoms. The summed E-state index contributed by atoms with van der Waals surface area (Å²) in [5, 5.41) is 3.43. The molecular weight excluding hydrogens is 278 g/mol. The van der Waals surface area contributed by atoms with Crippen LogP contribution in [0.4, 0.5) is 0 Å². The summed E-state index contributed by atoms with van der Waals surface area (Å²) in [5.41, 5.74) is 1.31. The summed E-state index contributed by atoms with van der Waals surface area (Å²) in [4.78, 5) is 1.31. The molecule has 2 atom stereocenters. The van der Waals surface area contributed by atoms with Gasteiger partial charge in [-0.05, 0) is 31.7 Å². The first kappa shape index (κ1) is 13.0. The Hall–Kier alpha value is -1.03. The van der Waals surface area contributed by atoms with Gasteiger partial charge in [0.05, 0.1) is 10.9 Å². The number of likely N-dealkylation sites (N-methyl/N-ethyl adjacent to an activating group) is 1. The summed E-state index contributed by atoms with van der Waals surface area (Å²) >= 11 is 7.66. The monoisotopic (exact) mass is 293 g/mol. The normalized spacial score (nSPS) is 18.9. The van der Waals surface area contributed by atoms with Crippen LogP contribution in [0.25, 0.3) is 0 Å². The second-order valence-electron chi connectivity index (χ2n) is 4.76. The van der Waals surface area contributed by atoms with Crippen molar-refractivity contribution in [2.75, 3.05) is 13.7 Å². The SMILES string of the molecule is CNC(Cc1ccc(Cl)s1)C1COc2ccccc21. The second-order valence-corrected chi connectivity index (χ2v) is 6.56. The molecule has 19 heavy (non-hydrogen) atoms. The second kappa shape index (κ2) is 5.53. The quantitative estimate of drug-likeness (QED) is 0.928. The zero-order chi connectivity index (χ0) is 13.2. The van der Waals surface area contributed by atoms with Crippen molar-refractivity contribution in [3.8, 4) is 5.75 Å². The molecule has 1 aliphatic heterocycles. The number of halogens is 1. The van der Waals surface area contributed by atoms with Crippen molar-refractivity contribution in [2.45, 2.75) is 18.4 Å². The molecule has 0 radical (unpaired) electrons. The fourth-order valence-corrected chi connectivity index (χ4v) is 3.79. The number of thiophene rings is 1. The van der Waals surface area contributed by atoms with Crippen molar-refractivity contribution in [2.24, 2.45) is 0 Å². The Morgan fingerprint density at radius 2 is 2.21 bits per heavy atom. The molecule has 2 heterocycles. The van der Waals surface area contributed by atoms with E-state index in [1.165, 1.54) is 10.4 Å². The number of nitrogens with one attached hydrogen (secondary N) is 1. The number of para-hydroxylation sites is 1. The number of benzene rings is 1. The van der Waals surface area contributed by atoms with Gasteiger partial charge in [-0.2, -0.15) is 0 Å². The van der Waals surface area contributed by atoms with Crippen molar-refractivity contribution in [3.63, 3.8) is 0 Å². The summed E-state index contributed by atoms with van der Waals surface area (Å²) < 4.78 is 6.63. The molecule has 2 nitrogen and oxygen atoms in total. The first-order valence-electron chi connectivity index (χ1n) is 6.41. The van der Waals surface area contributed by atoms with Gasteiger partial charge in [-0.15, -0.1) is 11.3 Å². The zero-order valence-corrected chi connectivity index (χ0v) is 12.3. The minimum Gasteiger partial charge on any atom is -0.493 e. The first-order valence-corrected chi connectivity index (χ1v) is 7.60. The molecule has 2 aromatic rings. The first-order chi connectivity index (χ1) is 9.28. The Morgan fingerprint density at radius 1 is 1.37 bits per heavy atom. The highest BCUT2D eigenvalue weighted by Gasteiger charge is 2.30. The highest BCUT2D eigenvalue weighted by molar-refractivity contribution is 7.16. The van der Waals surface area contributed by atoms with Gasteiger partial charge in [0.1, 0.15) is 5.75 Å². The van der Waals surface area contributed by atoms with E-state index in [2.05, 4.69) is 23.5 Å². The maximum atomic E-state index is 6.00. The van der Waals surface area contributed by atoms with Crippen LogP contribution in [-0.4, -0.2) is 19.7 Å². The van der Waals surface area contributed by atoms with Crippen LogP contribution < -0.4 is 10.1 Å². The van der Waals surface area contributed by atoms with E-state index >= 15 is 0 Å². The summed E-state index contributed by atoms with van der Waals surface area (Å²) in [6.45, 7) is 0.754. The number of rotatable bonds is 4. The topological polar surface area (TPSA) is 21.3 Å². The molecule has 1 aromatic heterocycles. The molecule has 0 aliphatic carbocycles. The van der Waals surface area contributed by atoms with E-state index in [1.807, 2.05) is 25.2 Å². The van der Waals surface area contributed by atoms with Gasteiger partial charge in [0.15, 0.2) is 0 Å². The number of hydrogen-bond donors (Lipinski definition) is 1. The van der Waals surface area contributed by atoms with Crippen LogP contribution in [0.1, 0.15) is 16.4 Å². The molecule has 0 fully saturated rings. The van der Waals surface area contributed by atoms with E-state index in [4.69, 9.17) is 16.3 Å². The highest BCUT2D eigenvalue weighted by atomic mass is 35.5. The molecule has 0 saturated heterocycles. The fourth-order valence-electron chi connectivity index (χ4n) is 2.64. The molecule has 1 N–H and O–H groups in total. The predicted octanol–water partition coefficient (Wildman–Crippen LogP) is 3.71. The number of ether oxygens (including phenoxy) is 1. The fraction of sp³-hybridized carbons (Fsp3) is 0.333. The molecular formula is C15H16ClNOS. The number of fused-ring (bicyclic) bond motifs is 1. The van der Waals surface area contributed by atoms with Crippen LogP contribution in [0.2, 0.25) is 4.34 Å². The highest BCUT2D eigenvalue weighted by Crippen LogP contribution is 2.37. The van der Waals surface area contributed by atoms with Gasteiger partial charge in [0, 0.05) is 22.4 Å². The summed E-state index contributed by atoms with van der Waals surface area (Å²) in [7, 11) is 2.01. The van der Waals surface area contributed by atoms with E-state index in [9.17, 15) is 0 Å². The molecule has 1 aliphatic rings. The van der Waals surface area contributed by atoms with Crippen molar-refractivity contribution >= 4 is 22.9 Å². The van der Waals surface area contributed by atoms with Gasteiger partial charge in [0.25, 0.3) is 0 Å². The lowest BCUT2D eigenvalue weighted by molar-refractivity contribution is 0.302. The Kier molecular flexibility index (Phi) is 3.78. The average Bonchev–Trinajstić information content (AvgIpc) is 3.02. The van der Waals surface area contributed by atoms with E-state index < -0.39 is 0 Å². The Bertz CT molecular complexity index is 569. The van der Waals surface area contributed by atoms with Crippen molar-refractivity contribution in [1.82, 2.24) is 5.32 Å². The van der Waals surface area contributed by atoms with E-state index in [1.54, 1.807) is 11.3 Å². The van der Waals surface area contributed by atoms with Crippen LogP contribution >= 0.6 is 22.9 Å². The number of hydrogen-bond acceptors (Lipinski definition) is 3. The predicted molar refractivity (Wildman–Crippen MR) is 80.6 cm³/mol. The smallest absolute Gasteiger partial charge is 0.122 e. The largest absolute Gasteiger partial charge is 0.493 e. The van der Waals surface area contributed by atoms with Crippen LogP contribution in [0.15, 0.2) is 36.4 Å². The van der Waals surface area contributed by atoms with E-state index in [-0.39, 0.29) is 0 Å². The van der Waals surface area contributed by atoms with Gasteiger partial charge < -0.3 is 10.1 Å². The van der Waals surface area contributed by atoms with Crippen molar-refractivity contribution in [3.05, 3.63) is 51.2 Å². The third kappa shape index (κ3) is 2.64. The van der Waals surface area contributed by atoms with Crippen molar-refractivity contribution in [1.29, 1.82) is 0 Å². The third-order valence-electron chi connectivity index (χ3n) is 3.64. The lowest BCUT2D eigenvalue weighted by Gasteiger charge is -2.21. The maximum absolute atomic E-state index is 6.00. The van der Waals surface area contributed by atoms with Gasteiger partial charge in [-0.3, -0.25) is 0 Å². The maximum Gasteiger partial charge on any atom is 0.122 e. The standard InChI is InChI=1S/C15H16ClNOS/c1-17-13(8-10-6-7-15(16)19-10)12-9-18-14-5-3-2-4-11(12)14/h2-7,12-13,17H,8-9H2,1H3. The Labute approximate surface area is 122 Å². The van der Waals surface area contributed by atoms with Gasteiger partial charge in [0.2, 0.25) is 0 Å². The molecule has 3 rings (SSSR count). The van der Waals surface area contributed by atoms with Crippen molar-refractivity contribution < 1.29 is 4.74 Å². The Balaban J connectivity index is 1.80. The average molecular weight is 294 g/mol. The molecule has 0 amide bonds. The third-order valence-corrected chi connectivity index (χ3v) is 4.90. The van der Waals surface area contributed by atoms with Gasteiger partial charge in [-0.25, -0.2) is 0 Å². The van der Waals surface area contributed by atoms with Gasteiger partial charge >= 0.3 is 0 Å². The summed E-state index contributed by atoms with van der Waals surface area (Å²) in [5.74, 6) is 1.43. The summed E-state index contributed by atoms with van der Waals surface area (Å²) in [6.07, 6.45) is 0.982. The Morgan fingerprint density at radius 3 is 2.95 bits per heavy atom. The molecule has 0 spiro atoms. The minimum atomic E-state index is 0.373. The van der Waals surface area contributed by atoms with E-state index in [0.29, 0.717) is 12.0 Å². The minimum absolute atomic E-state index is 0.373. The molecule has 2 unspecified atom stereocenters. The zero-order valence-electron chi connectivity index (χ0n) is 10.7. The molecule has 0 saturated carbocycles. The lowest BCUT2D eigenvalue weighted by Crippen LogP contribution is -2.34. The summed E-state index contributed by atoms with van der Waals surface area (Å²) in [6, 6.07) is 12.8.